The second-order valence-electron chi connectivity index (χ2n) is 5.48. The molecule has 142 valence electrons. The lowest BCUT2D eigenvalue weighted by molar-refractivity contribution is 0.188. The van der Waals surface area contributed by atoms with E-state index in [0.29, 0.717) is 37.0 Å². The zero-order chi connectivity index (χ0) is 17.6. The number of likely N-dealkylation sites (tertiary alicyclic amines) is 1. The highest BCUT2D eigenvalue weighted by Gasteiger charge is 2.22. The Hall–Kier alpha value is -0.620. The fraction of sp³-hybridized carbons (Fsp3) is 0.533. The number of aliphatic hydroxyl groups excluding tert-OH is 1. The van der Waals surface area contributed by atoms with Crippen LogP contribution in [-0.2, 0) is 10.0 Å². The van der Waals surface area contributed by atoms with Crippen LogP contribution >= 0.6 is 35.6 Å². The third kappa shape index (κ3) is 6.89. The number of nitrogens with zero attached hydrogens (tertiary/aromatic N) is 2. The molecule has 1 fully saturated rings. The molecule has 0 radical (unpaired) electrons. The molecule has 0 aliphatic carbocycles. The lowest BCUT2D eigenvalue weighted by atomic mass is 10.3. The van der Waals surface area contributed by atoms with Gasteiger partial charge in [0.25, 0.3) is 0 Å². The number of nitrogens with one attached hydrogen (secondary N) is 2. The van der Waals surface area contributed by atoms with E-state index in [1.54, 1.807) is 12.1 Å². The molecule has 1 heterocycles. The molecule has 7 nitrogen and oxygen atoms in total. The Labute approximate surface area is 170 Å². The topological polar surface area (TPSA) is 94.0 Å². The number of rotatable bonds is 6. The van der Waals surface area contributed by atoms with E-state index in [9.17, 15) is 13.5 Å². The fourth-order valence-electron chi connectivity index (χ4n) is 2.42. The summed E-state index contributed by atoms with van der Waals surface area (Å²) in [6.45, 7) is 4.43. The van der Waals surface area contributed by atoms with Crippen molar-refractivity contribution in [2.75, 3.05) is 32.7 Å². The highest BCUT2D eigenvalue weighted by Crippen LogP contribution is 2.15. The molecule has 3 N–H and O–H groups in total. The van der Waals surface area contributed by atoms with Crippen molar-refractivity contribution in [2.45, 2.75) is 24.3 Å². The number of hydrogen-bond donors (Lipinski definition) is 3. The predicted octanol–water partition coefficient (Wildman–Crippen LogP) is 1.27. The molecule has 0 bridgehead atoms. The monoisotopic (exact) mass is 502 g/mol. The third-order valence-electron chi connectivity index (χ3n) is 3.57. The Balaban J connectivity index is 0.00000312. The second-order valence-corrected chi connectivity index (χ2v) is 7.68. The maximum atomic E-state index is 12.2. The van der Waals surface area contributed by atoms with Crippen LogP contribution in [0.4, 0.5) is 0 Å². The molecule has 0 unspecified atom stereocenters. The summed E-state index contributed by atoms with van der Waals surface area (Å²) in [6, 6.07) is 6.12. The summed E-state index contributed by atoms with van der Waals surface area (Å²) in [5.41, 5.74) is 0. The van der Waals surface area contributed by atoms with Crippen molar-refractivity contribution in [2.24, 2.45) is 4.99 Å². The van der Waals surface area contributed by atoms with Gasteiger partial charge in [-0.15, -0.1) is 24.0 Å². The second kappa shape index (κ2) is 10.5. The standard InChI is InChI=1S/C15H23ClN4O3S.HI/c1-2-17-15(20-9-6-13(21)11-20)18-7-8-19-24(22,23)14-5-3-4-12(16)10-14;/h3-5,10,13,19,21H,2,6-9,11H2,1H3,(H,17,18);1H/t13-;/m1./s1. The number of halogens is 2. The van der Waals surface area contributed by atoms with Gasteiger partial charge in [-0.1, -0.05) is 17.7 Å². The van der Waals surface area contributed by atoms with E-state index in [-0.39, 0.29) is 41.5 Å². The van der Waals surface area contributed by atoms with Crippen molar-refractivity contribution in [3.8, 4) is 0 Å². The number of sulfonamides is 1. The van der Waals surface area contributed by atoms with Gasteiger partial charge in [-0.05, 0) is 31.5 Å². The van der Waals surface area contributed by atoms with Gasteiger partial charge in [-0.2, -0.15) is 0 Å². The Morgan fingerprint density at radius 3 is 2.84 bits per heavy atom. The van der Waals surface area contributed by atoms with Crippen LogP contribution < -0.4 is 10.0 Å². The molecule has 0 aromatic heterocycles. The van der Waals surface area contributed by atoms with Gasteiger partial charge in [-0.25, -0.2) is 13.1 Å². The molecule has 0 amide bonds. The van der Waals surface area contributed by atoms with E-state index in [2.05, 4.69) is 15.0 Å². The van der Waals surface area contributed by atoms with Crippen LogP contribution in [-0.4, -0.2) is 63.2 Å². The van der Waals surface area contributed by atoms with Crippen LogP contribution in [0.15, 0.2) is 34.2 Å². The van der Waals surface area contributed by atoms with Crippen molar-refractivity contribution in [3.63, 3.8) is 0 Å². The Morgan fingerprint density at radius 2 is 2.24 bits per heavy atom. The van der Waals surface area contributed by atoms with Gasteiger partial charge in [0.1, 0.15) is 0 Å². The normalized spacial score (nSPS) is 18.1. The minimum atomic E-state index is -3.60. The molecular formula is C15H24ClIN4O3S. The molecule has 1 aliphatic rings. The van der Waals surface area contributed by atoms with Gasteiger partial charge >= 0.3 is 0 Å². The first kappa shape index (κ1) is 22.4. The summed E-state index contributed by atoms with van der Waals surface area (Å²) >= 11 is 5.82. The third-order valence-corrected chi connectivity index (χ3v) is 5.26. The number of β-amino-alcohol motifs (C(OH)–C–C–N with tert-alkyl or cyclic N) is 1. The molecule has 1 aromatic rings. The zero-order valence-corrected chi connectivity index (χ0v) is 17.9. The number of benzene rings is 1. The summed E-state index contributed by atoms with van der Waals surface area (Å²) < 4.78 is 26.9. The Morgan fingerprint density at radius 1 is 1.48 bits per heavy atom. The molecule has 1 atom stereocenters. The summed E-state index contributed by atoms with van der Waals surface area (Å²) in [5, 5.41) is 13.1. The minimum absolute atomic E-state index is 0. The highest BCUT2D eigenvalue weighted by molar-refractivity contribution is 14.0. The van der Waals surface area contributed by atoms with Gasteiger partial charge in [0.15, 0.2) is 5.96 Å². The van der Waals surface area contributed by atoms with Gasteiger partial charge in [0.2, 0.25) is 10.0 Å². The molecule has 1 aromatic carbocycles. The molecule has 1 aliphatic heterocycles. The molecule has 10 heteroatoms. The summed E-state index contributed by atoms with van der Waals surface area (Å²) in [7, 11) is -3.60. The van der Waals surface area contributed by atoms with Gasteiger partial charge in [0, 0.05) is 31.2 Å². The number of hydrogen-bond acceptors (Lipinski definition) is 4. The summed E-state index contributed by atoms with van der Waals surface area (Å²) in [6.07, 6.45) is 0.376. The van der Waals surface area contributed by atoms with Crippen LogP contribution in [0.2, 0.25) is 5.02 Å². The van der Waals surface area contributed by atoms with E-state index in [0.717, 1.165) is 6.54 Å². The first-order valence-corrected chi connectivity index (χ1v) is 9.75. The number of aliphatic imine (C=N–C) groups is 1. The SMILES string of the molecule is CCNC(=NCCNS(=O)(=O)c1cccc(Cl)c1)N1CC[C@@H](O)C1.I. The molecule has 0 saturated carbocycles. The summed E-state index contributed by atoms with van der Waals surface area (Å²) in [4.78, 5) is 6.52. The van der Waals surface area contributed by atoms with Crippen molar-refractivity contribution >= 4 is 51.6 Å². The first-order valence-electron chi connectivity index (χ1n) is 7.89. The minimum Gasteiger partial charge on any atom is -0.391 e. The van der Waals surface area contributed by atoms with E-state index in [4.69, 9.17) is 11.6 Å². The largest absolute Gasteiger partial charge is 0.391 e. The Kier molecular flexibility index (Phi) is 9.43. The van der Waals surface area contributed by atoms with Crippen LogP contribution in [0.3, 0.4) is 0 Å². The van der Waals surface area contributed by atoms with E-state index in [1.807, 2.05) is 11.8 Å². The van der Waals surface area contributed by atoms with Crippen LogP contribution in [0.1, 0.15) is 13.3 Å². The average Bonchev–Trinajstić information content (AvgIpc) is 2.97. The van der Waals surface area contributed by atoms with Gasteiger partial charge in [0.05, 0.1) is 17.5 Å². The molecule has 0 spiro atoms. The first-order chi connectivity index (χ1) is 11.4. The van der Waals surface area contributed by atoms with Crippen molar-refractivity contribution < 1.29 is 13.5 Å². The van der Waals surface area contributed by atoms with Gasteiger partial charge < -0.3 is 15.3 Å². The zero-order valence-electron chi connectivity index (χ0n) is 14.0. The van der Waals surface area contributed by atoms with Crippen LogP contribution in [0.25, 0.3) is 0 Å². The highest BCUT2D eigenvalue weighted by atomic mass is 127. The van der Waals surface area contributed by atoms with Crippen LogP contribution in [0, 0.1) is 0 Å². The van der Waals surface area contributed by atoms with Crippen molar-refractivity contribution in [3.05, 3.63) is 29.3 Å². The fourth-order valence-corrected chi connectivity index (χ4v) is 3.74. The van der Waals surface area contributed by atoms with E-state index >= 15 is 0 Å². The molecule has 25 heavy (non-hydrogen) atoms. The molecule has 2 rings (SSSR count). The molecular weight excluding hydrogens is 479 g/mol. The smallest absolute Gasteiger partial charge is 0.240 e. The summed E-state index contributed by atoms with van der Waals surface area (Å²) in [5.74, 6) is 0.691. The maximum Gasteiger partial charge on any atom is 0.240 e. The van der Waals surface area contributed by atoms with Crippen molar-refractivity contribution in [1.82, 2.24) is 14.9 Å². The average molecular weight is 503 g/mol. The van der Waals surface area contributed by atoms with E-state index < -0.39 is 10.0 Å². The number of guanidine groups is 1. The lowest BCUT2D eigenvalue weighted by Gasteiger charge is -2.20. The van der Waals surface area contributed by atoms with E-state index in [1.165, 1.54) is 12.1 Å². The maximum absolute atomic E-state index is 12.2. The van der Waals surface area contributed by atoms with Gasteiger partial charge in [-0.3, -0.25) is 4.99 Å². The number of aliphatic hydroxyl groups is 1. The quantitative estimate of drug-likeness (QED) is 0.236. The lowest BCUT2D eigenvalue weighted by Crippen LogP contribution is -2.41. The molecule has 1 saturated heterocycles. The Bertz CT molecular complexity index is 687. The predicted molar refractivity (Wildman–Crippen MR) is 110 cm³/mol. The van der Waals surface area contributed by atoms with Crippen molar-refractivity contribution in [1.29, 1.82) is 0 Å². The van der Waals surface area contributed by atoms with Crippen LogP contribution in [0.5, 0.6) is 0 Å².